The molecule has 2 atom stereocenters. The number of carbonyl (C=O) groups excluding carboxylic acids is 2. The SMILES string of the molecule is C[C@@H]1CCCC[C@@H]1NC(=O)COC(=O)c1ccc(N)cc1. The molecule has 0 bridgehead atoms. The van der Waals surface area contributed by atoms with Crippen LogP contribution in [0.4, 0.5) is 5.69 Å². The summed E-state index contributed by atoms with van der Waals surface area (Å²) in [5, 5.41) is 2.95. The smallest absolute Gasteiger partial charge is 0.338 e. The van der Waals surface area contributed by atoms with E-state index in [9.17, 15) is 9.59 Å². The molecule has 0 saturated heterocycles. The van der Waals surface area contributed by atoms with E-state index in [2.05, 4.69) is 12.2 Å². The Labute approximate surface area is 124 Å². The molecule has 2 rings (SSSR count). The Kier molecular flexibility index (Phi) is 5.20. The Morgan fingerprint density at radius 1 is 1.24 bits per heavy atom. The van der Waals surface area contributed by atoms with Crippen molar-refractivity contribution in [1.29, 1.82) is 0 Å². The van der Waals surface area contributed by atoms with Crippen LogP contribution in [0.3, 0.4) is 0 Å². The summed E-state index contributed by atoms with van der Waals surface area (Å²) in [6, 6.07) is 6.61. The van der Waals surface area contributed by atoms with Crippen LogP contribution in [-0.2, 0) is 9.53 Å². The number of esters is 1. The quantitative estimate of drug-likeness (QED) is 0.657. The number of rotatable bonds is 4. The van der Waals surface area contributed by atoms with Crippen molar-refractivity contribution >= 4 is 17.6 Å². The van der Waals surface area contributed by atoms with E-state index >= 15 is 0 Å². The van der Waals surface area contributed by atoms with Crippen molar-refractivity contribution in [2.24, 2.45) is 5.92 Å². The summed E-state index contributed by atoms with van der Waals surface area (Å²) >= 11 is 0. The molecule has 1 amide bonds. The third-order valence-corrected chi connectivity index (χ3v) is 3.94. The molecular weight excluding hydrogens is 268 g/mol. The topological polar surface area (TPSA) is 81.4 Å². The fourth-order valence-electron chi connectivity index (χ4n) is 2.61. The molecule has 0 aromatic heterocycles. The highest BCUT2D eigenvalue weighted by Gasteiger charge is 2.23. The van der Waals surface area contributed by atoms with Crippen molar-refractivity contribution in [3.05, 3.63) is 29.8 Å². The number of carbonyl (C=O) groups is 2. The van der Waals surface area contributed by atoms with E-state index in [-0.39, 0.29) is 18.6 Å². The van der Waals surface area contributed by atoms with E-state index in [1.54, 1.807) is 24.3 Å². The standard InChI is InChI=1S/C16H22N2O3/c1-11-4-2-3-5-14(11)18-15(19)10-21-16(20)12-6-8-13(17)9-7-12/h6-9,11,14H,2-5,10,17H2,1H3,(H,18,19)/t11-,14+/m1/s1. The summed E-state index contributed by atoms with van der Waals surface area (Å²) in [6.45, 7) is 1.90. The van der Waals surface area contributed by atoms with Crippen molar-refractivity contribution in [2.45, 2.75) is 38.6 Å². The Balaban J connectivity index is 1.78. The molecule has 1 aliphatic carbocycles. The first-order valence-electron chi connectivity index (χ1n) is 7.38. The van der Waals surface area contributed by atoms with Crippen molar-refractivity contribution in [2.75, 3.05) is 12.3 Å². The highest BCUT2D eigenvalue weighted by Crippen LogP contribution is 2.23. The largest absolute Gasteiger partial charge is 0.452 e. The van der Waals surface area contributed by atoms with E-state index in [0.29, 0.717) is 17.2 Å². The van der Waals surface area contributed by atoms with Gasteiger partial charge in [0.2, 0.25) is 0 Å². The minimum atomic E-state index is -0.512. The van der Waals surface area contributed by atoms with Crippen LogP contribution in [0.1, 0.15) is 43.0 Å². The summed E-state index contributed by atoms with van der Waals surface area (Å²) in [4.78, 5) is 23.6. The van der Waals surface area contributed by atoms with Gasteiger partial charge in [0.15, 0.2) is 6.61 Å². The zero-order chi connectivity index (χ0) is 15.2. The van der Waals surface area contributed by atoms with E-state index < -0.39 is 5.97 Å². The van der Waals surface area contributed by atoms with Crippen LogP contribution >= 0.6 is 0 Å². The molecule has 21 heavy (non-hydrogen) atoms. The van der Waals surface area contributed by atoms with Gasteiger partial charge in [0.05, 0.1) is 5.56 Å². The summed E-state index contributed by atoms with van der Waals surface area (Å²) < 4.78 is 5.01. The van der Waals surface area contributed by atoms with Gasteiger partial charge in [-0.3, -0.25) is 4.79 Å². The second-order valence-electron chi connectivity index (χ2n) is 5.63. The maximum absolute atomic E-state index is 11.8. The van der Waals surface area contributed by atoms with Gasteiger partial charge in [-0.2, -0.15) is 0 Å². The first-order valence-corrected chi connectivity index (χ1v) is 7.38. The number of hydrogen-bond acceptors (Lipinski definition) is 4. The predicted octanol–water partition coefficient (Wildman–Crippen LogP) is 2.12. The zero-order valence-electron chi connectivity index (χ0n) is 12.3. The molecule has 3 N–H and O–H groups in total. The predicted molar refractivity (Wildman–Crippen MR) is 80.7 cm³/mol. The molecule has 0 heterocycles. The van der Waals surface area contributed by atoms with Gasteiger partial charge in [0, 0.05) is 11.7 Å². The molecule has 0 aliphatic heterocycles. The van der Waals surface area contributed by atoms with Crippen molar-refractivity contribution in [3.8, 4) is 0 Å². The van der Waals surface area contributed by atoms with Gasteiger partial charge < -0.3 is 15.8 Å². The molecule has 5 heteroatoms. The number of nitrogen functional groups attached to an aromatic ring is 1. The van der Waals surface area contributed by atoms with E-state index in [1.807, 2.05) is 0 Å². The molecular formula is C16H22N2O3. The van der Waals surface area contributed by atoms with Gasteiger partial charge in [-0.05, 0) is 43.0 Å². The van der Waals surface area contributed by atoms with E-state index in [1.165, 1.54) is 6.42 Å². The van der Waals surface area contributed by atoms with Crippen molar-refractivity contribution in [3.63, 3.8) is 0 Å². The van der Waals surface area contributed by atoms with Gasteiger partial charge in [-0.15, -0.1) is 0 Å². The minimum absolute atomic E-state index is 0.196. The molecule has 1 saturated carbocycles. The number of nitrogens with one attached hydrogen (secondary N) is 1. The first kappa shape index (κ1) is 15.4. The minimum Gasteiger partial charge on any atom is -0.452 e. The van der Waals surface area contributed by atoms with Gasteiger partial charge in [-0.1, -0.05) is 19.8 Å². The van der Waals surface area contributed by atoms with Gasteiger partial charge in [0.1, 0.15) is 0 Å². The van der Waals surface area contributed by atoms with Crippen LogP contribution in [0.5, 0.6) is 0 Å². The number of benzene rings is 1. The number of nitrogens with two attached hydrogens (primary N) is 1. The Morgan fingerprint density at radius 3 is 2.57 bits per heavy atom. The Bertz CT molecular complexity index is 499. The monoisotopic (exact) mass is 290 g/mol. The van der Waals surface area contributed by atoms with E-state index in [4.69, 9.17) is 10.5 Å². The van der Waals surface area contributed by atoms with Crippen molar-refractivity contribution < 1.29 is 14.3 Å². The van der Waals surface area contributed by atoms with Crippen LogP contribution in [0.15, 0.2) is 24.3 Å². The van der Waals surface area contributed by atoms with Crippen LogP contribution < -0.4 is 11.1 Å². The lowest BCUT2D eigenvalue weighted by Gasteiger charge is -2.29. The second-order valence-corrected chi connectivity index (χ2v) is 5.63. The van der Waals surface area contributed by atoms with Crippen LogP contribution in [0.25, 0.3) is 0 Å². The summed E-state index contributed by atoms with van der Waals surface area (Å²) in [5.74, 6) is -0.269. The number of anilines is 1. The Morgan fingerprint density at radius 2 is 1.90 bits per heavy atom. The highest BCUT2D eigenvalue weighted by molar-refractivity contribution is 5.91. The van der Waals surface area contributed by atoms with Crippen LogP contribution in [0.2, 0.25) is 0 Å². The second kappa shape index (κ2) is 7.11. The highest BCUT2D eigenvalue weighted by atomic mass is 16.5. The molecule has 5 nitrogen and oxygen atoms in total. The molecule has 114 valence electrons. The number of amides is 1. The molecule has 1 fully saturated rings. The molecule has 0 radical (unpaired) electrons. The van der Waals surface area contributed by atoms with E-state index in [0.717, 1.165) is 19.3 Å². The molecule has 1 aromatic carbocycles. The lowest BCUT2D eigenvalue weighted by atomic mass is 9.86. The first-order chi connectivity index (χ1) is 10.1. The maximum atomic E-state index is 11.8. The van der Waals surface area contributed by atoms with Gasteiger partial charge in [-0.25, -0.2) is 4.79 Å². The average Bonchev–Trinajstić information content (AvgIpc) is 2.48. The molecule has 0 unspecified atom stereocenters. The summed E-state index contributed by atoms with van der Waals surface area (Å²) in [7, 11) is 0. The molecule has 1 aliphatic rings. The lowest BCUT2D eigenvalue weighted by Crippen LogP contribution is -2.42. The number of hydrogen-bond donors (Lipinski definition) is 2. The zero-order valence-corrected chi connectivity index (χ0v) is 12.3. The third kappa shape index (κ3) is 4.48. The fourth-order valence-corrected chi connectivity index (χ4v) is 2.61. The third-order valence-electron chi connectivity index (χ3n) is 3.94. The normalized spacial score (nSPS) is 21.6. The maximum Gasteiger partial charge on any atom is 0.338 e. The average molecular weight is 290 g/mol. The van der Waals surface area contributed by atoms with Crippen molar-refractivity contribution in [1.82, 2.24) is 5.32 Å². The number of ether oxygens (including phenoxy) is 1. The fraction of sp³-hybridized carbons (Fsp3) is 0.500. The van der Waals surface area contributed by atoms with Crippen LogP contribution in [0, 0.1) is 5.92 Å². The van der Waals surface area contributed by atoms with Gasteiger partial charge >= 0.3 is 5.97 Å². The summed E-state index contributed by atoms with van der Waals surface area (Å²) in [5.41, 5.74) is 6.52. The molecule has 1 aromatic rings. The summed E-state index contributed by atoms with van der Waals surface area (Å²) in [6.07, 6.45) is 4.50. The molecule has 0 spiro atoms. The Hall–Kier alpha value is -2.04. The van der Waals surface area contributed by atoms with Gasteiger partial charge in [0.25, 0.3) is 5.91 Å². The lowest BCUT2D eigenvalue weighted by molar-refractivity contribution is -0.125. The van der Waals surface area contributed by atoms with Crippen LogP contribution in [-0.4, -0.2) is 24.5 Å².